The predicted molar refractivity (Wildman–Crippen MR) is 192 cm³/mol. The maximum atomic E-state index is 14.0. The first-order chi connectivity index (χ1) is 24.6. The molecule has 1 N–H and O–H groups in total. The number of likely N-dealkylation sites (tertiary alicyclic amines) is 2. The Morgan fingerprint density at radius 1 is 1.06 bits per heavy atom. The Morgan fingerprint density at radius 3 is 2.53 bits per heavy atom. The number of aromatic nitrogens is 4. The minimum absolute atomic E-state index is 0.00321. The first-order valence-electron chi connectivity index (χ1n) is 18.5. The second kappa shape index (κ2) is 12.1. The van der Waals surface area contributed by atoms with E-state index in [9.17, 15) is 13.6 Å². The molecule has 268 valence electrons. The van der Waals surface area contributed by atoms with Crippen LogP contribution in [0.25, 0.3) is 32.9 Å². The van der Waals surface area contributed by atoms with E-state index in [4.69, 9.17) is 19.4 Å². The number of piperidine rings is 1. The summed E-state index contributed by atoms with van der Waals surface area (Å²) in [5, 5.41) is 9.53. The Balaban J connectivity index is 1.12. The smallest absolute Gasteiger partial charge is 0.319 e. The summed E-state index contributed by atoms with van der Waals surface area (Å²) in [6.45, 7) is 11.6. The number of rotatable bonds is 9. The van der Waals surface area contributed by atoms with Crippen LogP contribution >= 0.6 is 0 Å². The fourth-order valence-corrected chi connectivity index (χ4v) is 8.94. The van der Waals surface area contributed by atoms with Crippen molar-refractivity contribution < 1.29 is 23.0 Å². The molecule has 1 spiro atoms. The molecule has 2 saturated carbocycles. The minimum Gasteiger partial charge on any atom is -0.491 e. The van der Waals surface area contributed by atoms with Crippen molar-refractivity contribution in [2.24, 2.45) is 5.41 Å². The molecule has 2 aromatic heterocycles. The number of benzene rings is 2. The quantitative estimate of drug-likeness (QED) is 0.195. The lowest BCUT2D eigenvalue weighted by Crippen LogP contribution is -2.61. The molecule has 5 fully saturated rings. The molecular formula is C39H45F2N7O3. The summed E-state index contributed by atoms with van der Waals surface area (Å²) in [4.78, 5) is 28.6. The Labute approximate surface area is 296 Å². The van der Waals surface area contributed by atoms with Gasteiger partial charge >= 0.3 is 6.01 Å². The zero-order valence-corrected chi connectivity index (χ0v) is 29.4. The molecule has 3 saturated heterocycles. The van der Waals surface area contributed by atoms with Gasteiger partial charge in [0.05, 0.1) is 24.9 Å². The average molecular weight is 698 g/mol. The number of alkyl halides is 2. The number of ether oxygens (including phenoxy) is 2. The van der Waals surface area contributed by atoms with E-state index >= 15 is 0 Å². The number of carbonyl (C=O) groups is 1. The van der Waals surface area contributed by atoms with Crippen LogP contribution in [0.4, 0.5) is 14.6 Å². The van der Waals surface area contributed by atoms with Gasteiger partial charge in [-0.2, -0.15) is 15.1 Å². The van der Waals surface area contributed by atoms with Crippen LogP contribution in [0.2, 0.25) is 0 Å². The molecule has 1 amide bonds. The summed E-state index contributed by atoms with van der Waals surface area (Å²) in [7, 11) is 0. The fourth-order valence-electron chi connectivity index (χ4n) is 8.94. The van der Waals surface area contributed by atoms with Crippen LogP contribution in [0.5, 0.6) is 11.8 Å². The highest BCUT2D eigenvalue weighted by Gasteiger charge is 2.47. The highest BCUT2D eigenvalue weighted by Crippen LogP contribution is 2.53. The van der Waals surface area contributed by atoms with Crippen molar-refractivity contribution in [1.82, 2.24) is 30.0 Å². The first-order valence-corrected chi connectivity index (χ1v) is 18.5. The molecule has 0 radical (unpaired) electrons. The molecular weight excluding hydrogens is 652 g/mol. The molecule has 12 heteroatoms. The van der Waals surface area contributed by atoms with Gasteiger partial charge < -0.3 is 19.3 Å². The van der Waals surface area contributed by atoms with Crippen molar-refractivity contribution >= 4 is 33.5 Å². The number of hydrogen-bond acceptors (Lipinski definition) is 8. The van der Waals surface area contributed by atoms with Gasteiger partial charge in [0.1, 0.15) is 17.4 Å². The van der Waals surface area contributed by atoms with Gasteiger partial charge in [-0.05, 0) is 80.3 Å². The normalized spacial score (nSPS) is 24.2. The molecule has 0 unspecified atom stereocenters. The zero-order chi connectivity index (χ0) is 35.1. The first kappa shape index (κ1) is 32.6. The lowest BCUT2D eigenvalue weighted by Gasteiger charge is -2.54. The topological polar surface area (TPSA) is 99.7 Å². The number of halogens is 2. The van der Waals surface area contributed by atoms with Gasteiger partial charge in [0, 0.05) is 79.8 Å². The van der Waals surface area contributed by atoms with Crippen LogP contribution in [0.1, 0.15) is 68.9 Å². The number of H-pyrrole nitrogens is 1. The largest absolute Gasteiger partial charge is 0.491 e. The van der Waals surface area contributed by atoms with Crippen molar-refractivity contribution in [1.29, 1.82) is 0 Å². The van der Waals surface area contributed by atoms with Crippen LogP contribution < -0.4 is 14.4 Å². The molecule has 10 nitrogen and oxygen atoms in total. The molecule has 5 heterocycles. The maximum absolute atomic E-state index is 14.0. The van der Waals surface area contributed by atoms with Gasteiger partial charge in [-0.3, -0.25) is 14.8 Å². The molecule has 0 bridgehead atoms. The van der Waals surface area contributed by atoms with Crippen LogP contribution in [-0.4, -0.2) is 99.8 Å². The van der Waals surface area contributed by atoms with E-state index in [2.05, 4.69) is 46.8 Å². The van der Waals surface area contributed by atoms with Crippen LogP contribution in [0, 0.1) is 12.3 Å². The summed E-state index contributed by atoms with van der Waals surface area (Å²) in [6, 6.07) is 6.88. The van der Waals surface area contributed by atoms with Crippen molar-refractivity contribution in [3.05, 3.63) is 48.2 Å². The van der Waals surface area contributed by atoms with Crippen molar-refractivity contribution in [2.75, 3.05) is 50.8 Å². The van der Waals surface area contributed by atoms with E-state index in [0.717, 1.165) is 102 Å². The number of anilines is 1. The third-order valence-corrected chi connectivity index (χ3v) is 12.0. The molecule has 3 aliphatic heterocycles. The van der Waals surface area contributed by atoms with E-state index in [1.54, 1.807) is 0 Å². The second-order valence-corrected chi connectivity index (χ2v) is 15.5. The maximum Gasteiger partial charge on any atom is 0.319 e. The standard InChI is InChI=1S/C39H45F2N7O3/c1-4-31(49)48-20-38(21-48)10-13-46(14-11-38)36-28-18-27(24-7-8-24)33(32-23(3)6-9-30-29(32)19-42-45-30)35(50-5-2)34(28)43-37(44-36)51-26-16-25(17-26)47-15-12-39(40,41)22-47/h4,6,9,18-19,24-26H,1,5,7-8,10-17,20-22H2,2-3H3,(H,42,45)/t25-,26+. The van der Waals surface area contributed by atoms with Gasteiger partial charge in [-0.1, -0.05) is 12.6 Å². The number of amides is 1. The number of nitrogens with zero attached hydrogens (tertiary/aromatic N) is 6. The monoisotopic (exact) mass is 697 g/mol. The summed E-state index contributed by atoms with van der Waals surface area (Å²) >= 11 is 0. The molecule has 9 rings (SSSR count). The second-order valence-electron chi connectivity index (χ2n) is 15.5. The Bertz CT molecular complexity index is 2020. The fraction of sp³-hybridized carbons (Fsp3) is 0.538. The number of carbonyl (C=O) groups excluding carboxylic acids is 1. The van der Waals surface area contributed by atoms with Gasteiger partial charge in [0.15, 0.2) is 5.75 Å². The average Bonchev–Trinajstić information content (AvgIpc) is 3.72. The highest BCUT2D eigenvalue weighted by molar-refractivity contribution is 6.06. The number of aromatic amines is 1. The predicted octanol–water partition coefficient (Wildman–Crippen LogP) is 6.62. The van der Waals surface area contributed by atoms with Crippen molar-refractivity contribution in [3.8, 4) is 22.9 Å². The molecule has 2 aliphatic carbocycles. The molecule has 4 aromatic rings. The number of aryl methyl sites for hydroxylation is 1. The van der Waals surface area contributed by atoms with Crippen LogP contribution in [0.15, 0.2) is 37.1 Å². The Hall–Kier alpha value is -4.32. The number of nitrogens with one attached hydrogen (secondary N) is 1. The van der Waals surface area contributed by atoms with Crippen molar-refractivity contribution in [3.63, 3.8) is 0 Å². The lowest BCUT2D eigenvalue weighted by molar-refractivity contribution is -0.139. The summed E-state index contributed by atoms with van der Waals surface area (Å²) < 4.78 is 41.1. The SMILES string of the molecule is C=CC(=O)N1CC2(CCN(c3nc(O[C@H]4C[C@@H](N5CCC(F)(F)C5)C4)nc4c(OCC)c(-c5c(C)ccc6[nH]ncc56)c(C5CC5)cc34)CC2)C1. The van der Waals surface area contributed by atoms with Crippen LogP contribution in [0.3, 0.4) is 0 Å². The number of hydrogen-bond donors (Lipinski definition) is 1. The zero-order valence-electron chi connectivity index (χ0n) is 29.4. The molecule has 5 aliphatic rings. The van der Waals surface area contributed by atoms with Gasteiger partial charge in [0.2, 0.25) is 5.91 Å². The van der Waals surface area contributed by atoms with E-state index in [0.29, 0.717) is 37.9 Å². The summed E-state index contributed by atoms with van der Waals surface area (Å²) in [6.07, 6.45) is 8.54. The van der Waals surface area contributed by atoms with E-state index < -0.39 is 5.92 Å². The van der Waals surface area contributed by atoms with Gasteiger partial charge in [-0.25, -0.2) is 8.78 Å². The van der Waals surface area contributed by atoms with Crippen molar-refractivity contribution in [2.45, 2.75) is 82.8 Å². The molecule has 2 aromatic carbocycles. The molecule has 51 heavy (non-hydrogen) atoms. The Morgan fingerprint density at radius 2 is 1.84 bits per heavy atom. The van der Waals surface area contributed by atoms with Gasteiger partial charge in [-0.15, -0.1) is 0 Å². The summed E-state index contributed by atoms with van der Waals surface area (Å²) in [5.74, 6) is -0.631. The highest BCUT2D eigenvalue weighted by atomic mass is 19.3. The lowest BCUT2D eigenvalue weighted by atomic mass is 9.72. The third kappa shape index (κ3) is 5.70. The third-order valence-electron chi connectivity index (χ3n) is 12.0. The molecule has 0 atom stereocenters. The van der Waals surface area contributed by atoms with E-state index in [1.807, 2.05) is 22.9 Å². The van der Waals surface area contributed by atoms with Gasteiger partial charge in [0.25, 0.3) is 5.92 Å². The van der Waals surface area contributed by atoms with Crippen LogP contribution in [-0.2, 0) is 4.79 Å². The number of fused-ring (bicyclic) bond motifs is 2. The van der Waals surface area contributed by atoms with E-state index in [1.165, 1.54) is 11.6 Å². The minimum atomic E-state index is -2.61. The van der Waals surface area contributed by atoms with E-state index in [-0.39, 0.29) is 36.4 Å². The Kier molecular flexibility index (Phi) is 7.75. The summed E-state index contributed by atoms with van der Waals surface area (Å²) in [5.41, 5.74) is 6.35.